The molecule has 3 nitrogen and oxygen atoms in total. The van der Waals surface area contributed by atoms with Crippen molar-refractivity contribution >= 4 is 10.0 Å². The van der Waals surface area contributed by atoms with Crippen LogP contribution < -0.4 is 4.72 Å². The highest BCUT2D eigenvalue weighted by molar-refractivity contribution is 7.89. The summed E-state index contributed by atoms with van der Waals surface area (Å²) in [6.45, 7) is -0.591. The second kappa shape index (κ2) is 6.05. The number of benzene rings is 2. The van der Waals surface area contributed by atoms with Crippen LogP contribution in [0.3, 0.4) is 0 Å². The monoisotopic (exact) mass is 333 g/mol. The first-order valence-corrected chi connectivity index (χ1v) is 7.59. The Balaban J connectivity index is 2.26. The van der Waals surface area contributed by atoms with Gasteiger partial charge in [-0.05, 0) is 23.8 Å². The lowest BCUT2D eigenvalue weighted by molar-refractivity contribution is -0.138. The smallest absolute Gasteiger partial charge is 0.207 e. The van der Waals surface area contributed by atoms with Crippen molar-refractivity contribution in [3.8, 4) is 0 Å². The molecular weight excluding hydrogens is 322 g/mol. The minimum Gasteiger partial charge on any atom is -0.207 e. The van der Waals surface area contributed by atoms with Crippen molar-refractivity contribution in [1.82, 2.24) is 4.72 Å². The van der Waals surface area contributed by atoms with Crippen molar-refractivity contribution < 1.29 is 26.0 Å². The summed E-state index contributed by atoms with van der Waals surface area (Å²) in [4.78, 5) is -0.612. The summed E-state index contributed by atoms with van der Waals surface area (Å²) >= 11 is 0. The normalized spacial score (nSPS) is 12.4. The predicted octanol–water partition coefficient (Wildman–Crippen LogP) is 3.32. The summed E-state index contributed by atoms with van der Waals surface area (Å²) in [5.74, 6) is -0.973. The van der Waals surface area contributed by atoms with Crippen LogP contribution in [0.25, 0.3) is 0 Å². The van der Waals surface area contributed by atoms with Gasteiger partial charge in [-0.15, -0.1) is 0 Å². The van der Waals surface area contributed by atoms with Crippen molar-refractivity contribution in [1.29, 1.82) is 0 Å². The number of halogens is 4. The summed E-state index contributed by atoms with van der Waals surface area (Å²) in [5, 5.41) is 0. The SMILES string of the molecule is O=S(=O)(NCc1ccccc1C(F)(F)F)c1ccccc1F. The number of nitrogens with one attached hydrogen (secondary N) is 1. The molecule has 0 heterocycles. The van der Waals surface area contributed by atoms with Crippen molar-refractivity contribution in [2.75, 3.05) is 0 Å². The van der Waals surface area contributed by atoms with E-state index in [2.05, 4.69) is 0 Å². The maximum Gasteiger partial charge on any atom is 0.416 e. The van der Waals surface area contributed by atoms with Crippen molar-refractivity contribution in [2.45, 2.75) is 17.6 Å². The predicted molar refractivity (Wildman–Crippen MR) is 71.9 cm³/mol. The summed E-state index contributed by atoms with van der Waals surface area (Å²) < 4.78 is 77.8. The van der Waals surface area contributed by atoms with Gasteiger partial charge in [-0.2, -0.15) is 13.2 Å². The molecule has 0 aliphatic rings. The topological polar surface area (TPSA) is 46.2 Å². The van der Waals surface area contributed by atoms with E-state index in [4.69, 9.17) is 0 Å². The van der Waals surface area contributed by atoms with Gasteiger partial charge in [0.25, 0.3) is 0 Å². The first-order valence-electron chi connectivity index (χ1n) is 6.11. The van der Waals surface area contributed by atoms with Gasteiger partial charge < -0.3 is 0 Å². The standard InChI is InChI=1S/C14H11F4NO2S/c15-12-7-3-4-8-13(12)22(20,21)19-9-10-5-1-2-6-11(10)14(16,17)18/h1-8,19H,9H2. The Hall–Kier alpha value is -1.93. The lowest BCUT2D eigenvalue weighted by Crippen LogP contribution is -2.25. The van der Waals surface area contributed by atoms with Gasteiger partial charge >= 0.3 is 6.18 Å². The van der Waals surface area contributed by atoms with E-state index < -0.39 is 39.0 Å². The van der Waals surface area contributed by atoms with Gasteiger partial charge in [0.15, 0.2) is 0 Å². The van der Waals surface area contributed by atoms with Crippen LogP contribution >= 0.6 is 0 Å². The lowest BCUT2D eigenvalue weighted by atomic mass is 10.1. The van der Waals surface area contributed by atoms with E-state index in [1.165, 1.54) is 24.3 Å². The van der Waals surface area contributed by atoms with Crippen LogP contribution in [-0.2, 0) is 22.7 Å². The first kappa shape index (κ1) is 16.4. The summed E-state index contributed by atoms with van der Waals surface area (Å²) in [6, 6.07) is 9.21. The fourth-order valence-corrected chi connectivity index (χ4v) is 2.95. The molecule has 2 aromatic rings. The average molecular weight is 333 g/mol. The third kappa shape index (κ3) is 3.63. The molecule has 0 bridgehead atoms. The molecule has 2 rings (SSSR count). The van der Waals surface area contributed by atoms with Crippen LogP contribution in [0.15, 0.2) is 53.4 Å². The minimum atomic E-state index is -4.60. The zero-order valence-corrected chi connectivity index (χ0v) is 11.9. The van der Waals surface area contributed by atoms with Crippen LogP contribution in [-0.4, -0.2) is 8.42 Å². The van der Waals surface area contributed by atoms with E-state index in [0.717, 1.165) is 24.3 Å². The molecule has 0 amide bonds. The summed E-state index contributed by atoms with van der Waals surface area (Å²) in [5.41, 5.74) is -1.18. The van der Waals surface area contributed by atoms with E-state index in [1.807, 2.05) is 4.72 Å². The molecule has 0 aromatic heterocycles. The molecule has 118 valence electrons. The highest BCUT2D eigenvalue weighted by Gasteiger charge is 2.33. The highest BCUT2D eigenvalue weighted by atomic mass is 32.2. The maximum absolute atomic E-state index is 13.5. The Morgan fingerprint density at radius 2 is 1.55 bits per heavy atom. The zero-order chi connectivity index (χ0) is 16.4. The number of sulfonamides is 1. The molecule has 0 aliphatic carbocycles. The van der Waals surface area contributed by atoms with E-state index in [9.17, 15) is 26.0 Å². The molecule has 0 unspecified atom stereocenters. The summed E-state index contributed by atoms with van der Waals surface area (Å²) in [7, 11) is -4.24. The molecule has 22 heavy (non-hydrogen) atoms. The van der Waals surface area contributed by atoms with Crippen LogP contribution in [0.5, 0.6) is 0 Å². The Morgan fingerprint density at radius 1 is 0.955 bits per heavy atom. The van der Waals surface area contributed by atoms with Gasteiger partial charge in [0, 0.05) is 6.54 Å². The van der Waals surface area contributed by atoms with E-state index in [-0.39, 0.29) is 5.56 Å². The quantitative estimate of drug-likeness (QED) is 0.873. The molecule has 0 saturated carbocycles. The van der Waals surface area contributed by atoms with Crippen molar-refractivity contribution in [3.05, 3.63) is 65.5 Å². The second-order valence-electron chi connectivity index (χ2n) is 4.41. The van der Waals surface area contributed by atoms with Gasteiger partial charge in [-0.25, -0.2) is 17.5 Å². The Labute approximate surface area is 124 Å². The zero-order valence-electron chi connectivity index (χ0n) is 11.1. The average Bonchev–Trinajstić information content (AvgIpc) is 2.45. The number of hydrogen-bond donors (Lipinski definition) is 1. The highest BCUT2D eigenvalue weighted by Crippen LogP contribution is 2.31. The van der Waals surface area contributed by atoms with Crippen molar-refractivity contribution in [3.63, 3.8) is 0 Å². The molecule has 0 radical (unpaired) electrons. The Morgan fingerprint density at radius 3 is 2.18 bits per heavy atom. The van der Waals surface area contributed by atoms with Gasteiger partial charge in [0.1, 0.15) is 10.7 Å². The Kier molecular flexibility index (Phi) is 4.52. The Bertz CT molecular complexity index is 772. The fourth-order valence-electron chi connectivity index (χ4n) is 1.86. The molecule has 1 N–H and O–H groups in total. The third-order valence-electron chi connectivity index (χ3n) is 2.90. The number of rotatable bonds is 4. The summed E-state index contributed by atoms with van der Waals surface area (Å²) in [6.07, 6.45) is -4.60. The van der Waals surface area contributed by atoms with Crippen LogP contribution in [0.1, 0.15) is 11.1 Å². The van der Waals surface area contributed by atoms with Crippen LogP contribution in [0.4, 0.5) is 17.6 Å². The van der Waals surface area contributed by atoms with Crippen LogP contribution in [0, 0.1) is 5.82 Å². The molecule has 0 spiro atoms. The second-order valence-corrected chi connectivity index (χ2v) is 6.15. The number of hydrogen-bond acceptors (Lipinski definition) is 2. The largest absolute Gasteiger partial charge is 0.416 e. The van der Waals surface area contributed by atoms with Gasteiger partial charge in [0.2, 0.25) is 10.0 Å². The van der Waals surface area contributed by atoms with Crippen LogP contribution in [0.2, 0.25) is 0 Å². The molecule has 2 aromatic carbocycles. The molecule has 0 aliphatic heterocycles. The van der Waals surface area contributed by atoms with E-state index in [1.54, 1.807) is 0 Å². The van der Waals surface area contributed by atoms with Gasteiger partial charge in [-0.3, -0.25) is 0 Å². The lowest BCUT2D eigenvalue weighted by Gasteiger charge is -2.13. The first-order chi connectivity index (χ1) is 10.2. The molecule has 0 saturated heterocycles. The molecular formula is C14H11F4NO2S. The van der Waals surface area contributed by atoms with E-state index in [0.29, 0.717) is 0 Å². The van der Waals surface area contributed by atoms with Crippen molar-refractivity contribution in [2.24, 2.45) is 0 Å². The van der Waals surface area contributed by atoms with Gasteiger partial charge in [-0.1, -0.05) is 30.3 Å². The molecule has 0 atom stereocenters. The van der Waals surface area contributed by atoms with Gasteiger partial charge in [0.05, 0.1) is 5.56 Å². The maximum atomic E-state index is 13.5. The fraction of sp³-hybridized carbons (Fsp3) is 0.143. The minimum absolute atomic E-state index is 0.241. The molecule has 8 heteroatoms. The molecule has 0 fully saturated rings. The van der Waals surface area contributed by atoms with E-state index >= 15 is 0 Å². The third-order valence-corrected chi connectivity index (χ3v) is 4.34. The number of alkyl halides is 3.